The molecule has 5 rings (SSSR count). The highest BCUT2D eigenvalue weighted by Gasteiger charge is 2.39. The van der Waals surface area contributed by atoms with Gasteiger partial charge in [-0.1, -0.05) is 24.6 Å². The highest BCUT2D eigenvalue weighted by atomic mass is 35.5. The molecule has 2 aliphatic rings. The molecule has 2 atom stereocenters. The molecule has 1 fully saturated rings. The van der Waals surface area contributed by atoms with Gasteiger partial charge in [0.1, 0.15) is 11.3 Å². The van der Waals surface area contributed by atoms with Crippen LogP contribution < -0.4 is 16.0 Å². The van der Waals surface area contributed by atoms with Gasteiger partial charge in [0.15, 0.2) is 0 Å². The Balaban J connectivity index is 1.67. The number of sulfonamides is 1. The summed E-state index contributed by atoms with van der Waals surface area (Å²) in [5.41, 5.74) is 0.227. The van der Waals surface area contributed by atoms with E-state index in [0.717, 1.165) is 11.0 Å². The number of H-pyrrole nitrogens is 1. The van der Waals surface area contributed by atoms with Crippen molar-refractivity contribution in [2.24, 2.45) is 7.05 Å². The minimum Gasteiger partial charge on any atom is -0.493 e. The molecule has 0 radical (unpaired) electrons. The SMILES string of the molecule is CCCn1c(=O)n(C)c(=O)c2[nH]c(-c3cc(S(=O)(=O)N4C[C@@H]5CC=CN5C[C@H]4C)ccc3OCC)c(Cl)c21. The Morgan fingerprint density at radius 3 is 2.66 bits per heavy atom. The number of rotatable bonds is 7. The van der Waals surface area contributed by atoms with Gasteiger partial charge in [0.25, 0.3) is 5.56 Å². The molecule has 0 amide bonds. The maximum absolute atomic E-state index is 13.9. The van der Waals surface area contributed by atoms with E-state index < -0.39 is 21.3 Å². The summed E-state index contributed by atoms with van der Waals surface area (Å²) in [5, 5.41) is 0.165. The first-order valence-electron chi connectivity index (χ1n) is 12.8. The second-order valence-electron chi connectivity index (χ2n) is 9.82. The lowest BCUT2D eigenvalue weighted by Gasteiger charge is -2.41. The predicted molar refractivity (Wildman–Crippen MR) is 147 cm³/mol. The van der Waals surface area contributed by atoms with Crippen LogP contribution >= 0.6 is 11.6 Å². The van der Waals surface area contributed by atoms with Crippen molar-refractivity contribution in [1.82, 2.24) is 23.3 Å². The van der Waals surface area contributed by atoms with Crippen LogP contribution in [0, 0.1) is 0 Å². The second-order valence-corrected chi connectivity index (χ2v) is 12.1. The van der Waals surface area contributed by atoms with E-state index in [0.29, 0.717) is 55.2 Å². The van der Waals surface area contributed by atoms with Gasteiger partial charge >= 0.3 is 5.69 Å². The Hall–Kier alpha value is -3.02. The Bertz CT molecular complexity index is 1650. The normalized spacial score (nSPS) is 19.9. The summed E-state index contributed by atoms with van der Waals surface area (Å²) in [4.78, 5) is 31.2. The second kappa shape index (κ2) is 9.94. The summed E-state index contributed by atoms with van der Waals surface area (Å²) in [6, 6.07) is 4.60. The van der Waals surface area contributed by atoms with Gasteiger partial charge < -0.3 is 14.6 Å². The van der Waals surface area contributed by atoms with Crippen LogP contribution in [0.1, 0.15) is 33.6 Å². The van der Waals surface area contributed by atoms with Crippen LogP contribution in [0.2, 0.25) is 5.02 Å². The van der Waals surface area contributed by atoms with E-state index >= 15 is 0 Å². The molecular weight excluding hydrogens is 530 g/mol. The van der Waals surface area contributed by atoms with Crippen LogP contribution in [0.15, 0.2) is 45.0 Å². The van der Waals surface area contributed by atoms with E-state index in [1.165, 1.54) is 17.7 Å². The summed E-state index contributed by atoms with van der Waals surface area (Å²) in [6.45, 7) is 7.39. The van der Waals surface area contributed by atoms with E-state index in [9.17, 15) is 18.0 Å². The van der Waals surface area contributed by atoms with Crippen LogP contribution in [-0.4, -0.2) is 63.5 Å². The number of benzene rings is 1. The van der Waals surface area contributed by atoms with Crippen LogP contribution in [-0.2, 0) is 23.6 Å². The monoisotopic (exact) mass is 561 g/mol. The topological polar surface area (TPSA) is 110 Å². The molecule has 1 N–H and O–H groups in total. The molecule has 4 heterocycles. The highest BCUT2D eigenvalue weighted by molar-refractivity contribution is 7.89. The summed E-state index contributed by atoms with van der Waals surface area (Å²) in [5.74, 6) is 0.416. The van der Waals surface area contributed by atoms with Gasteiger partial charge in [-0.15, -0.1) is 0 Å². The molecule has 0 saturated carbocycles. The van der Waals surface area contributed by atoms with E-state index in [1.807, 2.05) is 27.0 Å². The van der Waals surface area contributed by atoms with Gasteiger partial charge in [-0.25, -0.2) is 13.2 Å². The third-order valence-electron chi connectivity index (χ3n) is 7.33. The van der Waals surface area contributed by atoms with Gasteiger partial charge in [0.2, 0.25) is 10.0 Å². The van der Waals surface area contributed by atoms with Crippen molar-refractivity contribution < 1.29 is 13.2 Å². The number of aromatic nitrogens is 3. The lowest BCUT2D eigenvalue weighted by atomic mass is 10.1. The zero-order chi connectivity index (χ0) is 27.4. The third kappa shape index (κ3) is 4.17. The van der Waals surface area contributed by atoms with Gasteiger partial charge in [0.05, 0.1) is 27.7 Å². The van der Waals surface area contributed by atoms with Crippen molar-refractivity contribution in [2.75, 3.05) is 19.7 Å². The number of piperazine rings is 1. The minimum atomic E-state index is -3.85. The predicted octanol–water partition coefficient (Wildman–Crippen LogP) is 3.14. The largest absolute Gasteiger partial charge is 0.493 e. The van der Waals surface area contributed by atoms with Gasteiger partial charge in [-0.2, -0.15) is 4.31 Å². The van der Waals surface area contributed by atoms with Crippen molar-refractivity contribution in [3.63, 3.8) is 0 Å². The van der Waals surface area contributed by atoms with Crippen molar-refractivity contribution in [1.29, 1.82) is 0 Å². The highest BCUT2D eigenvalue weighted by Crippen LogP contribution is 2.40. The van der Waals surface area contributed by atoms with E-state index in [1.54, 1.807) is 16.4 Å². The Morgan fingerprint density at radius 2 is 1.95 bits per heavy atom. The standard InChI is InChI=1S/C26H32ClN5O5S/c1-5-11-31-24-21(27)22(28-23(24)25(33)29(4)26(31)34)19-13-18(9-10-20(19)37-6-2)38(35,36)32-15-17-8-7-12-30(17)14-16(32)3/h7,9-10,12-13,16-17,28H,5-6,8,11,14-15H2,1-4H3/t16-,17+/m1/s1. The smallest absolute Gasteiger partial charge is 0.331 e. The van der Waals surface area contributed by atoms with Crippen molar-refractivity contribution in [3.8, 4) is 17.0 Å². The first-order valence-corrected chi connectivity index (χ1v) is 14.6. The number of halogens is 1. The average Bonchev–Trinajstić information content (AvgIpc) is 3.49. The van der Waals surface area contributed by atoms with Crippen LogP contribution in [0.5, 0.6) is 5.75 Å². The van der Waals surface area contributed by atoms with Crippen molar-refractivity contribution in [2.45, 2.75) is 57.1 Å². The summed E-state index contributed by atoms with van der Waals surface area (Å²) >= 11 is 6.83. The molecule has 38 heavy (non-hydrogen) atoms. The van der Waals surface area contributed by atoms with Crippen molar-refractivity contribution >= 4 is 32.7 Å². The minimum absolute atomic E-state index is 0.107. The van der Waals surface area contributed by atoms with Crippen LogP contribution in [0.25, 0.3) is 22.3 Å². The van der Waals surface area contributed by atoms with Gasteiger partial charge in [-0.3, -0.25) is 13.9 Å². The number of nitrogens with zero attached hydrogens (tertiary/aromatic N) is 4. The molecular formula is C26H32ClN5O5S. The number of aromatic amines is 1. The molecule has 10 nitrogen and oxygen atoms in total. The number of nitrogens with one attached hydrogen (secondary N) is 1. The van der Waals surface area contributed by atoms with E-state index in [-0.39, 0.29) is 27.5 Å². The first-order chi connectivity index (χ1) is 18.1. The number of fused-ring (bicyclic) bond motifs is 2. The Labute approximate surface area is 226 Å². The lowest BCUT2D eigenvalue weighted by Crippen LogP contribution is -2.55. The first kappa shape index (κ1) is 26.6. The summed E-state index contributed by atoms with van der Waals surface area (Å²) in [6.07, 6.45) is 5.58. The fourth-order valence-corrected chi connectivity index (χ4v) is 7.46. The molecule has 12 heteroatoms. The average molecular weight is 562 g/mol. The number of hydrogen-bond donors (Lipinski definition) is 1. The van der Waals surface area contributed by atoms with Crippen LogP contribution in [0.4, 0.5) is 0 Å². The van der Waals surface area contributed by atoms with Gasteiger partial charge in [0, 0.05) is 44.3 Å². The van der Waals surface area contributed by atoms with Crippen molar-refractivity contribution in [3.05, 3.63) is 56.3 Å². The Morgan fingerprint density at radius 1 is 1.18 bits per heavy atom. The lowest BCUT2D eigenvalue weighted by molar-refractivity contribution is 0.139. The molecule has 3 aromatic rings. The van der Waals surface area contributed by atoms with Gasteiger partial charge in [-0.05, 0) is 51.1 Å². The van der Waals surface area contributed by atoms with E-state index in [4.69, 9.17) is 16.3 Å². The molecule has 2 aliphatic heterocycles. The Kier molecular flexibility index (Phi) is 6.95. The number of aryl methyl sites for hydroxylation is 1. The fraction of sp³-hybridized carbons (Fsp3) is 0.462. The van der Waals surface area contributed by atoms with E-state index in [2.05, 4.69) is 16.0 Å². The molecule has 0 unspecified atom stereocenters. The zero-order valence-electron chi connectivity index (χ0n) is 21.9. The molecule has 0 aliphatic carbocycles. The maximum atomic E-state index is 13.9. The van der Waals surface area contributed by atoms with Crippen LogP contribution in [0.3, 0.4) is 0 Å². The molecule has 1 aromatic carbocycles. The summed E-state index contributed by atoms with van der Waals surface area (Å²) in [7, 11) is -2.43. The third-order valence-corrected chi connectivity index (χ3v) is 9.67. The maximum Gasteiger partial charge on any atom is 0.331 e. The molecule has 0 spiro atoms. The fourth-order valence-electron chi connectivity index (χ4n) is 5.42. The molecule has 204 valence electrons. The summed E-state index contributed by atoms with van der Waals surface area (Å²) < 4.78 is 37.7. The molecule has 1 saturated heterocycles. The number of hydrogen-bond acceptors (Lipinski definition) is 6. The zero-order valence-corrected chi connectivity index (χ0v) is 23.5. The quantitative estimate of drug-likeness (QED) is 0.474. The molecule has 0 bridgehead atoms. The molecule has 2 aromatic heterocycles. The number of ether oxygens (including phenoxy) is 1.